The zero-order valence-corrected chi connectivity index (χ0v) is 25.5. The van der Waals surface area contributed by atoms with Gasteiger partial charge in [0.1, 0.15) is 0 Å². The van der Waals surface area contributed by atoms with Gasteiger partial charge in [-0.1, -0.05) is 140 Å². The second-order valence-electron chi connectivity index (χ2n) is 11.7. The van der Waals surface area contributed by atoms with Gasteiger partial charge in [0.25, 0.3) is 0 Å². The third kappa shape index (κ3) is 4.66. The largest absolute Gasteiger partial charge is 0.309 e. The first kappa shape index (κ1) is 27.0. The summed E-state index contributed by atoms with van der Waals surface area (Å²) in [5.74, 6) is 1.95. The number of para-hydroxylation sites is 1. The number of nitrogens with zero attached hydrogens (tertiary/aromatic N) is 4. The average Bonchev–Trinajstić information content (AvgIpc) is 3.51. The molecule has 220 valence electrons. The standard InChI is InChI=1S/C43H28N4/c1-4-15-30(16-5-1)41-44-42(31-17-6-2-7-18-31)46-43(45-41)33-20-12-19-32(28-33)36-24-13-25-37-40(36)39-35-23-11-10-14-29(35)26-27-38(39)47(37)34-21-8-3-9-22-34/h1-28H. The van der Waals surface area contributed by atoms with E-state index in [9.17, 15) is 0 Å². The van der Waals surface area contributed by atoms with Crippen LogP contribution in [0.15, 0.2) is 170 Å². The molecule has 0 unspecified atom stereocenters. The van der Waals surface area contributed by atoms with Crippen LogP contribution in [0, 0.1) is 0 Å². The molecule has 7 aromatic carbocycles. The molecule has 9 aromatic rings. The molecule has 0 amide bonds. The van der Waals surface area contributed by atoms with Gasteiger partial charge >= 0.3 is 0 Å². The molecular formula is C43H28N4. The van der Waals surface area contributed by atoms with E-state index in [2.05, 4.69) is 114 Å². The normalized spacial score (nSPS) is 11.4. The van der Waals surface area contributed by atoms with E-state index < -0.39 is 0 Å². The van der Waals surface area contributed by atoms with Crippen LogP contribution in [0.2, 0.25) is 0 Å². The van der Waals surface area contributed by atoms with Gasteiger partial charge < -0.3 is 4.57 Å². The van der Waals surface area contributed by atoms with Crippen LogP contribution < -0.4 is 0 Å². The highest BCUT2D eigenvalue weighted by molar-refractivity contribution is 6.25. The van der Waals surface area contributed by atoms with Crippen molar-refractivity contribution in [3.8, 4) is 51.0 Å². The lowest BCUT2D eigenvalue weighted by molar-refractivity contribution is 1.07. The minimum atomic E-state index is 0.642. The lowest BCUT2D eigenvalue weighted by atomic mass is 9.95. The van der Waals surface area contributed by atoms with Crippen LogP contribution in [-0.2, 0) is 0 Å². The highest BCUT2D eigenvalue weighted by Crippen LogP contribution is 2.42. The second kappa shape index (κ2) is 11.2. The molecule has 0 N–H and O–H groups in total. The summed E-state index contributed by atoms with van der Waals surface area (Å²) in [6.45, 7) is 0. The molecule has 9 rings (SSSR count). The van der Waals surface area contributed by atoms with Gasteiger partial charge in [0.05, 0.1) is 11.0 Å². The molecule has 0 atom stereocenters. The zero-order valence-electron chi connectivity index (χ0n) is 25.5. The van der Waals surface area contributed by atoms with Gasteiger partial charge in [-0.2, -0.15) is 0 Å². The number of hydrogen-bond donors (Lipinski definition) is 0. The Balaban J connectivity index is 1.29. The third-order valence-corrected chi connectivity index (χ3v) is 8.83. The van der Waals surface area contributed by atoms with Crippen LogP contribution in [0.25, 0.3) is 83.6 Å². The molecule has 0 spiro atoms. The van der Waals surface area contributed by atoms with Crippen molar-refractivity contribution in [1.29, 1.82) is 0 Å². The number of rotatable bonds is 5. The summed E-state index contributed by atoms with van der Waals surface area (Å²) in [4.78, 5) is 14.9. The van der Waals surface area contributed by atoms with Crippen molar-refractivity contribution in [1.82, 2.24) is 19.5 Å². The van der Waals surface area contributed by atoms with Crippen LogP contribution in [0.1, 0.15) is 0 Å². The van der Waals surface area contributed by atoms with E-state index >= 15 is 0 Å². The van der Waals surface area contributed by atoms with Crippen molar-refractivity contribution in [3.05, 3.63) is 170 Å². The minimum absolute atomic E-state index is 0.642. The zero-order chi connectivity index (χ0) is 31.2. The van der Waals surface area contributed by atoms with Crippen molar-refractivity contribution < 1.29 is 0 Å². The third-order valence-electron chi connectivity index (χ3n) is 8.83. The maximum Gasteiger partial charge on any atom is 0.164 e. The maximum atomic E-state index is 5.00. The summed E-state index contributed by atoms with van der Waals surface area (Å²) in [6, 6.07) is 59.2. The van der Waals surface area contributed by atoms with E-state index in [-0.39, 0.29) is 0 Å². The van der Waals surface area contributed by atoms with Gasteiger partial charge in [0, 0.05) is 33.2 Å². The Morgan fingerprint density at radius 3 is 1.60 bits per heavy atom. The first-order valence-corrected chi connectivity index (χ1v) is 15.8. The Bertz CT molecular complexity index is 2500. The Kier molecular flexibility index (Phi) is 6.43. The molecule has 2 aromatic heterocycles. The fourth-order valence-corrected chi connectivity index (χ4v) is 6.69. The molecule has 0 saturated carbocycles. The van der Waals surface area contributed by atoms with Crippen molar-refractivity contribution in [2.24, 2.45) is 0 Å². The Hall–Kier alpha value is -6.39. The number of fused-ring (bicyclic) bond motifs is 5. The summed E-state index contributed by atoms with van der Waals surface area (Å²) in [7, 11) is 0. The predicted molar refractivity (Wildman–Crippen MR) is 193 cm³/mol. The van der Waals surface area contributed by atoms with E-state index in [1.54, 1.807) is 0 Å². The summed E-state index contributed by atoms with van der Waals surface area (Å²) in [5.41, 5.74) is 8.62. The molecular weight excluding hydrogens is 573 g/mol. The van der Waals surface area contributed by atoms with Gasteiger partial charge in [0.2, 0.25) is 0 Å². The van der Waals surface area contributed by atoms with E-state index in [0.29, 0.717) is 17.5 Å². The predicted octanol–water partition coefficient (Wildman–Crippen LogP) is 10.8. The summed E-state index contributed by atoms with van der Waals surface area (Å²) < 4.78 is 2.38. The number of benzene rings is 7. The number of hydrogen-bond acceptors (Lipinski definition) is 3. The summed E-state index contributed by atoms with van der Waals surface area (Å²) >= 11 is 0. The van der Waals surface area contributed by atoms with Crippen LogP contribution in [-0.4, -0.2) is 19.5 Å². The lowest BCUT2D eigenvalue weighted by Gasteiger charge is -2.11. The van der Waals surface area contributed by atoms with Crippen molar-refractivity contribution >= 4 is 32.6 Å². The molecule has 0 aliphatic carbocycles. The summed E-state index contributed by atoms with van der Waals surface area (Å²) in [5, 5.41) is 4.94. The highest BCUT2D eigenvalue weighted by atomic mass is 15.0. The molecule has 0 radical (unpaired) electrons. The molecule has 0 aliphatic heterocycles. The second-order valence-corrected chi connectivity index (χ2v) is 11.7. The maximum absolute atomic E-state index is 5.00. The topological polar surface area (TPSA) is 43.6 Å². The van der Waals surface area contributed by atoms with Crippen LogP contribution in [0.3, 0.4) is 0 Å². The van der Waals surface area contributed by atoms with Crippen molar-refractivity contribution in [2.45, 2.75) is 0 Å². The molecule has 47 heavy (non-hydrogen) atoms. The van der Waals surface area contributed by atoms with Gasteiger partial charge in [0.15, 0.2) is 17.5 Å². The molecule has 0 fully saturated rings. The highest BCUT2D eigenvalue weighted by Gasteiger charge is 2.19. The SMILES string of the molecule is c1ccc(-c2nc(-c3ccccc3)nc(-c3cccc(-c4cccc5c4c4c6ccccc6ccc4n5-c4ccccc4)c3)n2)cc1. The van der Waals surface area contributed by atoms with E-state index in [1.165, 1.54) is 38.1 Å². The minimum Gasteiger partial charge on any atom is -0.309 e. The fraction of sp³-hybridized carbons (Fsp3) is 0. The molecule has 0 saturated heterocycles. The molecule has 2 heterocycles. The molecule has 0 bridgehead atoms. The first-order chi connectivity index (χ1) is 23.3. The van der Waals surface area contributed by atoms with E-state index in [1.807, 2.05) is 60.7 Å². The van der Waals surface area contributed by atoms with Crippen LogP contribution in [0.4, 0.5) is 0 Å². The summed E-state index contributed by atoms with van der Waals surface area (Å²) in [6.07, 6.45) is 0. The smallest absolute Gasteiger partial charge is 0.164 e. The van der Waals surface area contributed by atoms with Gasteiger partial charge in [-0.05, 0) is 52.2 Å². The van der Waals surface area contributed by atoms with Crippen LogP contribution in [0.5, 0.6) is 0 Å². The lowest BCUT2D eigenvalue weighted by Crippen LogP contribution is -2.00. The van der Waals surface area contributed by atoms with Crippen LogP contribution >= 0.6 is 0 Å². The van der Waals surface area contributed by atoms with E-state index in [0.717, 1.165) is 27.9 Å². The van der Waals surface area contributed by atoms with E-state index in [4.69, 9.17) is 15.0 Å². The average molecular weight is 601 g/mol. The van der Waals surface area contributed by atoms with Gasteiger partial charge in [-0.15, -0.1) is 0 Å². The van der Waals surface area contributed by atoms with Gasteiger partial charge in [-0.25, -0.2) is 15.0 Å². The fourth-order valence-electron chi connectivity index (χ4n) is 6.69. The molecule has 4 nitrogen and oxygen atoms in total. The molecule has 4 heteroatoms. The van der Waals surface area contributed by atoms with Crippen molar-refractivity contribution in [3.63, 3.8) is 0 Å². The van der Waals surface area contributed by atoms with Crippen molar-refractivity contribution in [2.75, 3.05) is 0 Å². The first-order valence-electron chi connectivity index (χ1n) is 15.8. The Labute approximate surface area is 272 Å². The Morgan fingerprint density at radius 1 is 0.362 bits per heavy atom. The molecule has 0 aliphatic rings. The number of aromatic nitrogens is 4. The monoisotopic (exact) mass is 600 g/mol. The van der Waals surface area contributed by atoms with Gasteiger partial charge in [-0.3, -0.25) is 0 Å². The quantitative estimate of drug-likeness (QED) is 0.197. The Morgan fingerprint density at radius 2 is 0.894 bits per heavy atom.